The summed E-state index contributed by atoms with van der Waals surface area (Å²) in [5.74, 6) is 6.16. The Balaban J connectivity index is 2.07. The van der Waals surface area contributed by atoms with Crippen LogP contribution in [0.5, 0.6) is 0 Å². The van der Waals surface area contributed by atoms with E-state index in [1.807, 2.05) is 18.2 Å². The Morgan fingerprint density at radius 1 is 1.44 bits per heavy atom. The maximum Gasteiger partial charge on any atom is 0.0771 e. The summed E-state index contributed by atoms with van der Waals surface area (Å²) >= 11 is 11.9. The summed E-state index contributed by atoms with van der Waals surface area (Å²) < 4.78 is 5.74. The Hall–Kier alpha value is -0.320. The largest absolute Gasteiger partial charge is 0.376 e. The highest BCUT2D eigenvalue weighted by atomic mass is 35.5. The molecule has 0 saturated carbocycles. The van der Waals surface area contributed by atoms with Crippen molar-refractivity contribution in [3.8, 4) is 0 Å². The van der Waals surface area contributed by atoms with Crippen LogP contribution < -0.4 is 11.3 Å². The third-order valence-electron chi connectivity index (χ3n) is 3.49. The third kappa shape index (κ3) is 3.16. The number of halogens is 2. The first-order valence-corrected chi connectivity index (χ1v) is 6.89. The van der Waals surface area contributed by atoms with Gasteiger partial charge in [0.05, 0.1) is 22.2 Å². The van der Waals surface area contributed by atoms with Gasteiger partial charge in [-0.15, -0.1) is 0 Å². The van der Waals surface area contributed by atoms with Crippen molar-refractivity contribution < 1.29 is 4.74 Å². The molecule has 18 heavy (non-hydrogen) atoms. The molecule has 2 rings (SSSR count). The summed E-state index contributed by atoms with van der Waals surface area (Å²) in [6.07, 6.45) is 2.02. The molecule has 5 heteroatoms. The summed E-state index contributed by atoms with van der Waals surface area (Å²) in [7, 11) is 0. The van der Waals surface area contributed by atoms with Crippen molar-refractivity contribution in [2.75, 3.05) is 6.61 Å². The molecular formula is C13H18Cl2N2O. The van der Waals surface area contributed by atoms with Crippen molar-refractivity contribution in [1.29, 1.82) is 0 Å². The van der Waals surface area contributed by atoms with E-state index in [0.29, 0.717) is 16.0 Å². The molecule has 1 saturated heterocycles. The van der Waals surface area contributed by atoms with E-state index in [1.165, 1.54) is 0 Å². The second-order valence-corrected chi connectivity index (χ2v) is 5.64. The zero-order valence-electron chi connectivity index (χ0n) is 10.3. The molecule has 1 fully saturated rings. The van der Waals surface area contributed by atoms with Crippen LogP contribution in [0.4, 0.5) is 0 Å². The second-order valence-electron chi connectivity index (χ2n) is 4.83. The number of nitrogens with two attached hydrogens (primary N) is 1. The molecular weight excluding hydrogens is 271 g/mol. The van der Waals surface area contributed by atoms with Crippen molar-refractivity contribution in [2.45, 2.75) is 31.9 Å². The van der Waals surface area contributed by atoms with Crippen molar-refractivity contribution in [3.05, 3.63) is 33.8 Å². The van der Waals surface area contributed by atoms with Crippen LogP contribution in [0.25, 0.3) is 0 Å². The zero-order valence-corrected chi connectivity index (χ0v) is 11.8. The Kier molecular flexibility index (Phi) is 4.87. The summed E-state index contributed by atoms with van der Waals surface area (Å²) in [6.45, 7) is 3.00. The minimum Gasteiger partial charge on any atom is -0.376 e. The van der Waals surface area contributed by atoms with Gasteiger partial charge in [-0.2, -0.15) is 0 Å². The van der Waals surface area contributed by atoms with Gasteiger partial charge in [0.15, 0.2) is 0 Å². The maximum absolute atomic E-state index is 6.01. The van der Waals surface area contributed by atoms with Crippen molar-refractivity contribution in [2.24, 2.45) is 11.8 Å². The molecule has 0 radical (unpaired) electrons. The van der Waals surface area contributed by atoms with Gasteiger partial charge in [0.25, 0.3) is 0 Å². The summed E-state index contributed by atoms with van der Waals surface area (Å²) in [5, 5.41) is 1.15. The SMILES string of the molecule is CC1CCOC1C(Cc1ccc(Cl)c(Cl)c1)NN. The van der Waals surface area contributed by atoms with Gasteiger partial charge in [0.2, 0.25) is 0 Å². The minimum absolute atomic E-state index is 0.0970. The number of benzene rings is 1. The third-order valence-corrected chi connectivity index (χ3v) is 4.23. The molecule has 0 amide bonds. The predicted molar refractivity (Wildman–Crippen MR) is 74.8 cm³/mol. The quantitative estimate of drug-likeness (QED) is 0.662. The van der Waals surface area contributed by atoms with Crippen LogP contribution in [-0.2, 0) is 11.2 Å². The van der Waals surface area contributed by atoms with Crippen LogP contribution in [0.1, 0.15) is 18.9 Å². The zero-order chi connectivity index (χ0) is 13.1. The monoisotopic (exact) mass is 288 g/mol. The van der Waals surface area contributed by atoms with Gasteiger partial charge in [-0.25, -0.2) is 0 Å². The highest BCUT2D eigenvalue weighted by Crippen LogP contribution is 2.27. The van der Waals surface area contributed by atoms with Gasteiger partial charge >= 0.3 is 0 Å². The lowest BCUT2D eigenvalue weighted by Gasteiger charge is -2.25. The van der Waals surface area contributed by atoms with E-state index in [2.05, 4.69) is 12.3 Å². The fourth-order valence-electron chi connectivity index (χ4n) is 2.42. The molecule has 0 spiro atoms. The molecule has 1 heterocycles. The average molecular weight is 289 g/mol. The van der Waals surface area contributed by atoms with E-state index in [1.54, 1.807) is 0 Å². The highest BCUT2D eigenvalue weighted by molar-refractivity contribution is 6.42. The first kappa shape index (κ1) is 14.1. The van der Waals surface area contributed by atoms with Gasteiger partial charge in [-0.1, -0.05) is 36.2 Å². The van der Waals surface area contributed by atoms with Crippen LogP contribution in [0.15, 0.2) is 18.2 Å². The Morgan fingerprint density at radius 3 is 2.78 bits per heavy atom. The number of nitrogens with one attached hydrogen (secondary N) is 1. The highest BCUT2D eigenvalue weighted by Gasteiger charge is 2.31. The molecule has 1 aliphatic rings. The number of ether oxygens (including phenoxy) is 1. The fourth-order valence-corrected chi connectivity index (χ4v) is 2.74. The molecule has 0 aliphatic carbocycles. The molecule has 100 valence electrons. The lowest BCUT2D eigenvalue weighted by molar-refractivity contribution is 0.0610. The summed E-state index contributed by atoms with van der Waals surface area (Å²) in [6, 6.07) is 5.76. The van der Waals surface area contributed by atoms with Crippen LogP contribution in [0, 0.1) is 5.92 Å². The molecule has 1 aromatic carbocycles. The minimum atomic E-state index is 0.0970. The lowest BCUT2D eigenvalue weighted by Crippen LogP contribution is -2.47. The lowest BCUT2D eigenvalue weighted by atomic mass is 9.93. The Morgan fingerprint density at radius 2 is 2.22 bits per heavy atom. The van der Waals surface area contributed by atoms with E-state index in [0.717, 1.165) is 25.0 Å². The molecule has 3 nitrogen and oxygen atoms in total. The standard InChI is InChI=1S/C13H18Cl2N2O/c1-8-4-5-18-13(8)12(17-16)7-9-2-3-10(14)11(15)6-9/h2-3,6,8,12-13,17H,4-5,7,16H2,1H3. The van der Waals surface area contributed by atoms with E-state index in [-0.39, 0.29) is 12.1 Å². The average Bonchev–Trinajstić information content (AvgIpc) is 2.77. The van der Waals surface area contributed by atoms with Gasteiger partial charge < -0.3 is 4.74 Å². The van der Waals surface area contributed by atoms with Gasteiger partial charge in [0.1, 0.15) is 0 Å². The first-order valence-electron chi connectivity index (χ1n) is 6.13. The molecule has 3 N–H and O–H groups in total. The van der Waals surface area contributed by atoms with E-state index < -0.39 is 0 Å². The summed E-state index contributed by atoms with van der Waals surface area (Å²) in [4.78, 5) is 0. The predicted octanol–water partition coefficient (Wildman–Crippen LogP) is 2.79. The number of hydrazine groups is 1. The second kappa shape index (κ2) is 6.22. The number of hydrogen-bond donors (Lipinski definition) is 2. The van der Waals surface area contributed by atoms with Crippen molar-refractivity contribution in [1.82, 2.24) is 5.43 Å². The van der Waals surface area contributed by atoms with Gasteiger partial charge in [-0.3, -0.25) is 11.3 Å². The van der Waals surface area contributed by atoms with E-state index in [4.69, 9.17) is 33.8 Å². The van der Waals surface area contributed by atoms with E-state index in [9.17, 15) is 0 Å². The summed E-state index contributed by atoms with van der Waals surface area (Å²) in [5.41, 5.74) is 3.96. The number of hydrogen-bond acceptors (Lipinski definition) is 3. The molecule has 1 aliphatic heterocycles. The smallest absolute Gasteiger partial charge is 0.0771 e. The molecule has 3 unspecified atom stereocenters. The van der Waals surface area contributed by atoms with Crippen LogP contribution >= 0.6 is 23.2 Å². The topological polar surface area (TPSA) is 47.3 Å². The maximum atomic E-state index is 6.01. The molecule has 0 aromatic heterocycles. The van der Waals surface area contributed by atoms with Crippen LogP contribution in [0.2, 0.25) is 10.0 Å². The Bertz CT molecular complexity index is 414. The fraction of sp³-hybridized carbons (Fsp3) is 0.538. The number of rotatable bonds is 4. The normalized spacial score (nSPS) is 25.3. The van der Waals surface area contributed by atoms with Crippen LogP contribution in [-0.4, -0.2) is 18.8 Å². The van der Waals surface area contributed by atoms with Crippen molar-refractivity contribution in [3.63, 3.8) is 0 Å². The van der Waals surface area contributed by atoms with Crippen LogP contribution in [0.3, 0.4) is 0 Å². The van der Waals surface area contributed by atoms with Gasteiger partial charge in [-0.05, 0) is 36.5 Å². The van der Waals surface area contributed by atoms with Gasteiger partial charge in [0, 0.05) is 6.61 Å². The van der Waals surface area contributed by atoms with E-state index >= 15 is 0 Å². The van der Waals surface area contributed by atoms with Crippen molar-refractivity contribution >= 4 is 23.2 Å². The Labute approximate surface area is 118 Å². The first-order chi connectivity index (χ1) is 8.61. The molecule has 0 bridgehead atoms. The molecule has 1 aromatic rings. The molecule has 3 atom stereocenters.